The summed E-state index contributed by atoms with van der Waals surface area (Å²) >= 11 is 0. The van der Waals surface area contributed by atoms with Crippen LogP contribution in [0.1, 0.15) is 34.1 Å². The summed E-state index contributed by atoms with van der Waals surface area (Å²) in [7, 11) is 1.69. The molecule has 3 heteroatoms. The van der Waals surface area contributed by atoms with Crippen LogP contribution in [-0.2, 0) is 4.79 Å². The van der Waals surface area contributed by atoms with E-state index in [1.807, 2.05) is 13.8 Å². The summed E-state index contributed by atoms with van der Waals surface area (Å²) in [5.74, 6) is 0.149. The molecule has 0 radical (unpaired) electrons. The predicted octanol–water partition coefficient (Wildman–Crippen LogP) is 1.79. The summed E-state index contributed by atoms with van der Waals surface area (Å²) in [4.78, 5) is 12.9. The van der Waals surface area contributed by atoms with E-state index in [2.05, 4.69) is 6.07 Å². The molecule has 0 bridgehead atoms. The normalized spacial score (nSPS) is 14.8. The van der Waals surface area contributed by atoms with Crippen LogP contribution in [0, 0.1) is 17.2 Å². The molecule has 0 aliphatic carbocycles. The van der Waals surface area contributed by atoms with E-state index in [-0.39, 0.29) is 11.8 Å². The van der Waals surface area contributed by atoms with Gasteiger partial charge in [0.1, 0.15) is 5.54 Å². The lowest BCUT2D eigenvalue weighted by molar-refractivity contribution is -0.134. The van der Waals surface area contributed by atoms with Gasteiger partial charge in [0.2, 0.25) is 5.91 Å². The molecule has 0 aliphatic rings. The average molecular weight is 182 g/mol. The summed E-state index contributed by atoms with van der Waals surface area (Å²) in [6, 6.07) is 2.20. The van der Waals surface area contributed by atoms with Gasteiger partial charge in [0.05, 0.1) is 6.07 Å². The van der Waals surface area contributed by atoms with Crippen molar-refractivity contribution in [1.82, 2.24) is 4.90 Å². The lowest BCUT2D eigenvalue weighted by atomic mass is 9.88. The standard InChI is InChI=1S/C10H18N2O/c1-6-9(13)12(5)10(4,7-11)8(2)3/h8H,6H2,1-5H3. The fraction of sp³-hybridized carbons (Fsp3) is 0.800. The van der Waals surface area contributed by atoms with Gasteiger partial charge in [-0.3, -0.25) is 4.79 Å². The van der Waals surface area contributed by atoms with E-state index < -0.39 is 5.54 Å². The van der Waals surface area contributed by atoms with Crippen LogP contribution >= 0.6 is 0 Å². The van der Waals surface area contributed by atoms with Gasteiger partial charge in [0.25, 0.3) is 0 Å². The van der Waals surface area contributed by atoms with Crippen molar-refractivity contribution in [2.75, 3.05) is 7.05 Å². The van der Waals surface area contributed by atoms with Crippen molar-refractivity contribution in [3.8, 4) is 6.07 Å². The molecule has 1 unspecified atom stereocenters. The van der Waals surface area contributed by atoms with Gasteiger partial charge in [-0.15, -0.1) is 0 Å². The highest BCUT2D eigenvalue weighted by Gasteiger charge is 2.35. The molecule has 0 saturated heterocycles. The first kappa shape index (κ1) is 12.0. The van der Waals surface area contributed by atoms with Gasteiger partial charge < -0.3 is 4.90 Å². The highest BCUT2D eigenvalue weighted by Crippen LogP contribution is 2.22. The zero-order valence-corrected chi connectivity index (χ0v) is 9.09. The van der Waals surface area contributed by atoms with Crippen LogP contribution in [-0.4, -0.2) is 23.4 Å². The second-order valence-corrected chi connectivity index (χ2v) is 3.72. The lowest BCUT2D eigenvalue weighted by Crippen LogP contribution is -2.49. The second-order valence-electron chi connectivity index (χ2n) is 3.72. The molecule has 3 nitrogen and oxygen atoms in total. The van der Waals surface area contributed by atoms with Crippen LogP contribution < -0.4 is 0 Å². The number of amides is 1. The van der Waals surface area contributed by atoms with E-state index in [9.17, 15) is 4.79 Å². The Morgan fingerprint density at radius 1 is 1.62 bits per heavy atom. The van der Waals surface area contributed by atoms with Crippen LogP contribution in [0.5, 0.6) is 0 Å². The van der Waals surface area contributed by atoms with Crippen molar-refractivity contribution in [2.45, 2.75) is 39.7 Å². The predicted molar refractivity (Wildman–Crippen MR) is 51.9 cm³/mol. The molecule has 0 aromatic heterocycles. The largest absolute Gasteiger partial charge is 0.327 e. The maximum atomic E-state index is 11.4. The van der Waals surface area contributed by atoms with Gasteiger partial charge in [-0.25, -0.2) is 0 Å². The van der Waals surface area contributed by atoms with Crippen LogP contribution in [0.25, 0.3) is 0 Å². The first-order chi connectivity index (χ1) is 5.90. The van der Waals surface area contributed by atoms with E-state index >= 15 is 0 Å². The van der Waals surface area contributed by atoms with Crippen molar-refractivity contribution in [3.63, 3.8) is 0 Å². The molecule has 0 aromatic carbocycles. The first-order valence-corrected chi connectivity index (χ1v) is 4.58. The molecule has 0 heterocycles. The highest BCUT2D eigenvalue weighted by atomic mass is 16.2. The van der Waals surface area contributed by atoms with E-state index in [0.29, 0.717) is 6.42 Å². The Labute approximate surface area is 80.3 Å². The number of hydrogen-bond acceptors (Lipinski definition) is 2. The lowest BCUT2D eigenvalue weighted by Gasteiger charge is -2.36. The number of rotatable bonds is 3. The second kappa shape index (κ2) is 4.27. The summed E-state index contributed by atoms with van der Waals surface area (Å²) in [6.07, 6.45) is 0.445. The van der Waals surface area contributed by atoms with Gasteiger partial charge in [-0.1, -0.05) is 20.8 Å². The highest BCUT2D eigenvalue weighted by molar-refractivity contribution is 5.76. The maximum Gasteiger partial charge on any atom is 0.223 e. The monoisotopic (exact) mass is 182 g/mol. The molecule has 0 saturated carbocycles. The molecule has 1 amide bonds. The van der Waals surface area contributed by atoms with Gasteiger partial charge in [0, 0.05) is 13.5 Å². The molecule has 0 rings (SSSR count). The minimum atomic E-state index is -0.687. The molecular formula is C10H18N2O. The Balaban J connectivity index is 4.79. The van der Waals surface area contributed by atoms with Gasteiger partial charge >= 0.3 is 0 Å². The van der Waals surface area contributed by atoms with E-state index in [1.165, 1.54) is 4.90 Å². The summed E-state index contributed by atoms with van der Waals surface area (Å²) in [6.45, 7) is 7.49. The summed E-state index contributed by atoms with van der Waals surface area (Å²) < 4.78 is 0. The maximum absolute atomic E-state index is 11.4. The SMILES string of the molecule is CCC(=O)N(C)C(C)(C#N)C(C)C. The first-order valence-electron chi connectivity index (χ1n) is 4.58. The summed E-state index contributed by atoms with van der Waals surface area (Å²) in [5.41, 5.74) is -0.687. The Hall–Kier alpha value is -1.04. The Morgan fingerprint density at radius 2 is 2.08 bits per heavy atom. The van der Waals surface area contributed by atoms with E-state index in [1.54, 1.807) is 20.9 Å². The molecule has 0 fully saturated rings. The molecule has 0 aliphatic heterocycles. The number of carbonyl (C=O) groups excluding carboxylic acids is 1. The van der Waals surface area contributed by atoms with Crippen molar-refractivity contribution >= 4 is 5.91 Å². The average Bonchev–Trinajstić information content (AvgIpc) is 2.13. The van der Waals surface area contributed by atoms with E-state index in [0.717, 1.165) is 0 Å². The molecule has 74 valence electrons. The zero-order valence-electron chi connectivity index (χ0n) is 9.09. The Kier molecular flexibility index (Phi) is 3.93. The molecule has 0 aromatic rings. The topological polar surface area (TPSA) is 44.1 Å². The number of hydrogen-bond donors (Lipinski definition) is 0. The zero-order chi connectivity index (χ0) is 10.6. The molecule has 0 spiro atoms. The number of carbonyl (C=O) groups is 1. The quantitative estimate of drug-likeness (QED) is 0.668. The van der Waals surface area contributed by atoms with Crippen molar-refractivity contribution in [1.29, 1.82) is 5.26 Å². The van der Waals surface area contributed by atoms with Crippen LogP contribution in [0.3, 0.4) is 0 Å². The fourth-order valence-electron chi connectivity index (χ4n) is 1.09. The Bertz CT molecular complexity index is 230. The fourth-order valence-corrected chi connectivity index (χ4v) is 1.09. The number of nitriles is 1. The van der Waals surface area contributed by atoms with Gasteiger partial charge in [-0.2, -0.15) is 5.26 Å². The van der Waals surface area contributed by atoms with Crippen molar-refractivity contribution in [3.05, 3.63) is 0 Å². The Morgan fingerprint density at radius 3 is 2.31 bits per heavy atom. The van der Waals surface area contributed by atoms with Crippen LogP contribution in [0.15, 0.2) is 0 Å². The third-order valence-corrected chi connectivity index (χ3v) is 2.72. The minimum Gasteiger partial charge on any atom is -0.327 e. The van der Waals surface area contributed by atoms with Crippen molar-refractivity contribution in [2.24, 2.45) is 5.92 Å². The third kappa shape index (κ3) is 2.21. The molecule has 0 N–H and O–H groups in total. The molecule has 13 heavy (non-hydrogen) atoms. The smallest absolute Gasteiger partial charge is 0.223 e. The number of nitrogens with zero attached hydrogens (tertiary/aromatic N) is 2. The van der Waals surface area contributed by atoms with Gasteiger partial charge in [-0.05, 0) is 12.8 Å². The minimum absolute atomic E-state index is 0.0118. The molecular weight excluding hydrogens is 164 g/mol. The van der Waals surface area contributed by atoms with E-state index in [4.69, 9.17) is 5.26 Å². The van der Waals surface area contributed by atoms with Crippen molar-refractivity contribution < 1.29 is 4.79 Å². The summed E-state index contributed by atoms with van der Waals surface area (Å²) in [5, 5.41) is 9.03. The van der Waals surface area contributed by atoms with Gasteiger partial charge in [0.15, 0.2) is 0 Å². The molecule has 1 atom stereocenters. The van der Waals surface area contributed by atoms with Crippen LogP contribution in [0.2, 0.25) is 0 Å². The third-order valence-electron chi connectivity index (χ3n) is 2.72. The van der Waals surface area contributed by atoms with Crippen LogP contribution in [0.4, 0.5) is 0 Å².